The fourth-order valence-electron chi connectivity index (χ4n) is 3.19. The summed E-state index contributed by atoms with van der Waals surface area (Å²) in [6, 6.07) is 8.33. The second-order valence-electron chi connectivity index (χ2n) is 5.98. The van der Waals surface area contributed by atoms with Gasteiger partial charge >= 0.3 is 5.69 Å². The number of hydrogen-bond acceptors (Lipinski definition) is 8. The smallest absolute Gasteiger partial charge is 0.312 e. The first-order chi connectivity index (χ1) is 13.5. The predicted molar refractivity (Wildman–Crippen MR) is 104 cm³/mol. The van der Waals surface area contributed by atoms with Gasteiger partial charge in [-0.15, -0.1) is 0 Å². The number of benzene rings is 2. The van der Waals surface area contributed by atoms with Crippen molar-refractivity contribution in [2.24, 2.45) is 4.99 Å². The predicted octanol–water partition coefficient (Wildman–Crippen LogP) is 3.22. The second-order valence-corrected chi connectivity index (χ2v) is 5.98. The third-order valence-corrected chi connectivity index (χ3v) is 4.55. The van der Waals surface area contributed by atoms with Crippen molar-refractivity contribution >= 4 is 17.7 Å². The van der Waals surface area contributed by atoms with E-state index in [2.05, 4.69) is 4.99 Å². The minimum atomic E-state index is -0.468. The van der Waals surface area contributed by atoms with Crippen LogP contribution >= 0.6 is 0 Å². The van der Waals surface area contributed by atoms with Gasteiger partial charge in [-0.2, -0.15) is 0 Å². The largest absolute Gasteiger partial charge is 0.493 e. The van der Waals surface area contributed by atoms with E-state index in [9.17, 15) is 10.1 Å². The molecule has 148 valence electrons. The van der Waals surface area contributed by atoms with E-state index in [1.54, 1.807) is 39.8 Å². The SMILES string of the molecule is COc1ccc(N2C=NCC2c2cc(OC)c(OC)c(OC)c2)cc1[N+](=O)[O-]. The normalized spacial score (nSPS) is 15.4. The van der Waals surface area contributed by atoms with Crippen molar-refractivity contribution < 1.29 is 23.9 Å². The molecule has 28 heavy (non-hydrogen) atoms. The molecule has 0 amide bonds. The van der Waals surface area contributed by atoms with Gasteiger partial charge < -0.3 is 23.8 Å². The molecule has 0 saturated carbocycles. The Bertz CT molecular complexity index is 890. The van der Waals surface area contributed by atoms with Gasteiger partial charge in [-0.1, -0.05) is 0 Å². The molecule has 2 aromatic rings. The Hall–Kier alpha value is -3.49. The first-order valence-electron chi connectivity index (χ1n) is 8.44. The molecule has 1 atom stereocenters. The minimum Gasteiger partial charge on any atom is -0.493 e. The Kier molecular flexibility index (Phi) is 5.53. The quantitative estimate of drug-likeness (QED) is 0.532. The van der Waals surface area contributed by atoms with E-state index in [0.29, 0.717) is 29.5 Å². The lowest BCUT2D eigenvalue weighted by Gasteiger charge is -2.26. The highest BCUT2D eigenvalue weighted by atomic mass is 16.6. The van der Waals surface area contributed by atoms with Crippen molar-refractivity contribution in [3.63, 3.8) is 0 Å². The molecule has 0 aromatic heterocycles. The molecule has 0 spiro atoms. The van der Waals surface area contributed by atoms with Crippen LogP contribution in [0, 0.1) is 10.1 Å². The van der Waals surface area contributed by atoms with E-state index in [0.717, 1.165) is 5.56 Å². The van der Waals surface area contributed by atoms with Crippen LogP contribution in [0.4, 0.5) is 11.4 Å². The topological polar surface area (TPSA) is 95.7 Å². The first kappa shape index (κ1) is 19.3. The highest BCUT2D eigenvalue weighted by Gasteiger charge is 2.28. The summed E-state index contributed by atoms with van der Waals surface area (Å²) in [5.74, 6) is 1.77. The first-order valence-corrected chi connectivity index (χ1v) is 8.44. The summed E-state index contributed by atoms with van der Waals surface area (Å²) in [7, 11) is 6.05. The van der Waals surface area contributed by atoms with Crippen LogP contribution in [-0.2, 0) is 0 Å². The Morgan fingerprint density at radius 1 is 1.00 bits per heavy atom. The van der Waals surface area contributed by atoms with Crippen LogP contribution in [-0.4, -0.2) is 46.2 Å². The number of nitrogens with zero attached hydrogens (tertiary/aromatic N) is 3. The third-order valence-electron chi connectivity index (χ3n) is 4.55. The second kappa shape index (κ2) is 8.03. The van der Waals surface area contributed by atoms with Gasteiger partial charge in [0.05, 0.1) is 52.3 Å². The third kappa shape index (κ3) is 3.38. The molecule has 1 heterocycles. The van der Waals surface area contributed by atoms with Gasteiger partial charge in [0.25, 0.3) is 0 Å². The lowest BCUT2D eigenvalue weighted by Crippen LogP contribution is -2.24. The van der Waals surface area contributed by atoms with Gasteiger partial charge in [-0.3, -0.25) is 15.1 Å². The molecular weight excluding hydrogens is 366 g/mol. The van der Waals surface area contributed by atoms with Crippen LogP contribution < -0.4 is 23.8 Å². The standard InChI is InChI=1S/C19H21N3O6/c1-25-16-6-5-13(9-14(16)22(23)24)21-11-20-10-15(21)12-7-17(26-2)19(28-4)18(8-12)27-3/h5-9,11,15H,10H2,1-4H3. The number of hydrogen-bond donors (Lipinski definition) is 0. The van der Waals surface area contributed by atoms with E-state index >= 15 is 0 Å². The van der Waals surface area contributed by atoms with Gasteiger partial charge in [0.2, 0.25) is 5.75 Å². The summed E-state index contributed by atoms with van der Waals surface area (Å²) >= 11 is 0. The number of nitro benzene ring substituents is 1. The summed E-state index contributed by atoms with van der Waals surface area (Å²) in [6.07, 6.45) is 1.67. The lowest BCUT2D eigenvalue weighted by molar-refractivity contribution is -0.385. The summed E-state index contributed by atoms with van der Waals surface area (Å²) in [6.45, 7) is 0.485. The lowest BCUT2D eigenvalue weighted by atomic mass is 10.0. The van der Waals surface area contributed by atoms with Gasteiger partial charge in [0.1, 0.15) is 0 Å². The summed E-state index contributed by atoms with van der Waals surface area (Å²) in [5.41, 5.74) is 1.40. The average molecular weight is 387 g/mol. The monoisotopic (exact) mass is 387 g/mol. The fourth-order valence-corrected chi connectivity index (χ4v) is 3.19. The van der Waals surface area contributed by atoms with Crippen LogP contribution in [0.5, 0.6) is 23.0 Å². The zero-order valence-electron chi connectivity index (χ0n) is 16.0. The Morgan fingerprint density at radius 2 is 1.64 bits per heavy atom. The van der Waals surface area contributed by atoms with E-state index in [-0.39, 0.29) is 17.5 Å². The molecule has 0 aliphatic carbocycles. The number of rotatable bonds is 7. The van der Waals surface area contributed by atoms with Gasteiger partial charge in [0.15, 0.2) is 17.2 Å². The van der Waals surface area contributed by atoms with E-state index in [1.165, 1.54) is 13.2 Å². The van der Waals surface area contributed by atoms with Gasteiger partial charge in [-0.05, 0) is 29.8 Å². The minimum absolute atomic E-state index is 0.107. The number of nitro groups is 1. The van der Waals surface area contributed by atoms with Crippen LogP contribution in [0.1, 0.15) is 11.6 Å². The zero-order chi connectivity index (χ0) is 20.3. The summed E-state index contributed by atoms with van der Waals surface area (Å²) < 4.78 is 21.3. The molecule has 0 N–H and O–H groups in total. The Labute approximate surface area is 162 Å². The fraction of sp³-hybridized carbons (Fsp3) is 0.316. The molecule has 3 rings (SSSR count). The van der Waals surface area contributed by atoms with Crippen LogP contribution in [0.25, 0.3) is 0 Å². The molecule has 1 aliphatic heterocycles. The summed E-state index contributed by atoms with van der Waals surface area (Å²) in [4.78, 5) is 17.1. The van der Waals surface area contributed by atoms with Crippen molar-refractivity contribution in [3.8, 4) is 23.0 Å². The van der Waals surface area contributed by atoms with Crippen LogP contribution in [0.3, 0.4) is 0 Å². The number of methoxy groups -OCH3 is 4. The van der Waals surface area contributed by atoms with Crippen molar-refractivity contribution in [2.45, 2.75) is 6.04 Å². The van der Waals surface area contributed by atoms with Crippen molar-refractivity contribution in [2.75, 3.05) is 39.9 Å². The Balaban J connectivity index is 2.03. The van der Waals surface area contributed by atoms with Crippen LogP contribution in [0.2, 0.25) is 0 Å². The van der Waals surface area contributed by atoms with Crippen LogP contribution in [0.15, 0.2) is 35.3 Å². The molecule has 9 heteroatoms. The molecule has 1 unspecified atom stereocenters. The van der Waals surface area contributed by atoms with Crippen molar-refractivity contribution in [1.82, 2.24) is 0 Å². The number of aliphatic imine (C=N–C) groups is 1. The van der Waals surface area contributed by atoms with E-state index in [4.69, 9.17) is 18.9 Å². The van der Waals surface area contributed by atoms with E-state index < -0.39 is 4.92 Å². The molecule has 2 aromatic carbocycles. The molecule has 0 fully saturated rings. The number of ether oxygens (including phenoxy) is 4. The van der Waals surface area contributed by atoms with Gasteiger partial charge in [-0.25, -0.2) is 0 Å². The number of anilines is 1. The maximum absolute atomic E-state index is 11.4. The van der Waals surface area contributed by atoms with E-state index in [1.807, 2.05) is 17.0 Å². The highest BCUT2D eigenvalue weighted by Crippen LogP contribution is 2.42. The molecular formula is C19H21N3O6. The van der Waals surface area contributed by atoms with Crippen molar-refractivity contribution in [3.05, 3.63) is 46.0 Å². The molecule has 0 radical (unpaired) electrons. The maximum Gasteiger partial charge on any atom is 0.312 e. The Morgan fingerprint density at radius 3 is 2.18 bits per heavy atom. The average Bonchev–Trinajstić information content (AvgIpc) is 3.21. The molecule has 0 bridgehead atoms. The molecule has 0 saturated heterocycles. The molecule has 9 nitrogen and oxygen atoms in total. The zero-order valence-corrected chi connectivity index (χ0v) is 16.0. The van der Waals surface area contributed by atoms with Gasteiger partial charge in [0, 0.05) is 11.8 Å². The maximum atomic E-state index is 11.4. The summed E-state index contributed by atoms with van der Waals surface area (Å²) in [5, 5.41) is 11.4. The van der Waals surface area contributed by atoms with Crippen molar-refractivity contribution in [1.29, 1.82) is 0 Å². The molecule has 1 aliphatic rings. The highest BCUT2D eigenvalue weighted by molar-refractivity contribution is 5.84.